The molecule has 1 fully saturated rings. The van der Waals surface area contributed by atoms with Gasteiger partial charge in [-0.05, 0) is 50.6 Å². The predicted octanol–water partition coefficient (Wildman–Crippen LogP) is 3.13. The summed E-state index contributed by atoms with van der Waals surface area (Å²) in [5.41, 5.74) is 1.77. The molecule has 0 radical (unpaired) electrons. The number of rotatable bonds is 4. The largest absolute Gasteiger partial charge is 0.381 e. The van der Waals surface area contributed by atoms with Crippen LogP contribution in [0.4, 0.5) is 5.69 Å². The maximum atomic E-state index is 12.0. The van der Waals surface area contributed by atoms with Crippen LogP contribution in [0.25, 0.3) is 0 Å². The third-order valence-electron chi connectivity index (χ3n) is 3.08. The third kappa shape index (κ3) is 4.46. The average molecular weight is 278 g/mol. The van der Waals surface area contributed by atoms with E-state index in [1.54, 1.807) is 0 Å². The Morgan fingerprint density at radius 1 is 1.42 bits per heavy atom. The van der Waals surface area contributed by atoms with Gasteiger partial charge in [0.2, 0.25) is 0 Å². The normalized spacial score (nSPS) is 19.2. The first-order valence-electron chi connectivity index (χ1n) is 6.90. The highest BCUT2D eigenvalue weighted by Gasteiger charge is 2.14. The molecule has 1 saturated heterocycles. The van der Waals surface area contributed by atoms with E-state index < -0.39 is 0 Å². The maximum Gasteiger partial charge on any atom is 0.251 e. The van der Waals surface area contributed by atoms with E-state index in [0.717, 1.165) is 17.0 Å². The molecule has 0 saturated carbocycles. The molecule has 1 aliphatic heterocycles. The van der Waals surface area contributed by atoms with Crippen LogP contribution in [0.15, 0.2) is 24.3 Å². The summed E-state index contributed by atoms with van der Waals surface area (Å²) in [7, 11) is 0. The van der Waals surface area contributed by atoms with E-state index in [0.29, 0.717) is 6.04 Å². The van der Waals surface area contributed by atoms with Crippen molar-refractivity contribution in [3.05, 3.63) is 29.8 Å². The van der Waals surface area contributed by atoms with Crippen LogP contribution < -0.4 is 10.6 Å². The molecule has 1 aromatic carbocycles. The summed E-state index contributed by atoms with van der Waals surface area (Å²) in [5.74, 6) is 2.42. The van der Waals surface area contributed by atoms with Crippen molar-refractivity contribution in [3.8, 4) is 0 Å². The molecule has 1 aliphatic rings. The molecule has 1 aromatic rings. The Labute approximate surface area is 119 Å². The van der Waals surface area contributed by atoms with Crippen molar-refractivity contribution in [1.82, 2.24) is 5.32 Å². The van der Waals surface area contributed by atoms with E-state index in [9.17, 15) is 4.79 Å². The molecule has 1 amide bonds. The molecule has 1 unspecified atom stereocenters. The van der Waals surface area contributed by atoms with E-state index in [2.05, 4.69) is 10.6 Å². The summed E-state index contributed by atoms with van der Waals surface area (Å²) in [6.07, 6.45) is 2.49. The summed E-state index contributed by atoms with van der Waals surface area (Å²) in [6.45, 7) is 3.94. The Kier molecular flexibility index (Phi) is 5.14. The predicted molar refractivity (Wildman–Crippen MR) is 83.0 cm³/mol. The quantitative estimate of drug-likeness (QED) is 0.889. The van der Waals surface area contributed by atoms with E-state index in [4.69, 9.17) is 0 Å². The first-order chi connectivity index (χ1) is 9.15. The van der Waals surface area contributed by atoms with Gasteiger partial charge in [-0.3, -0.25) is 4.79 Å². The number of nitrogens with one attached hydrogen (secondary N) is 2. The van der Waals surface area contributed by atoms with Crippen molar-refractivity contribution >= 4 is 23.4 Å². The fraction of sp³-hybridized carbons (Fsp3) is 0.533. The van der Waals surface area contributed by atoms with Gasteiger partial charge in [-0.15, -0.1) is 0 Å². The van der Waals surface area contributed by atoms with Crippen LogP contribution in [-0.2, 0) is 0 Å². The standard InChI is InChI=1S/C15H22N2OS/c1-11(2)16-15(18)12-5-3-6-13(9-12)17-14-7-4-8-19-10-14/h3,5-6,9,11,14,17H,4,7-8,10H2,1-2H3,(H,16,18). The molecule has 4 heteroatoms. The smallest absolute Gasteiger partial charge is 0.251 e. The second-order valence-corrected chi connectivity index (χ2v) is 6.42. The molecule has 1 atom stereocenters. The van der Waals surface area contributed by atoms with Crippen LogP contribution in [0.5, 0.6) is 0 Å². The molecule has 2 N–H and O–H groups in total. The third-order valence-corrected chi connectivity index (χ3v) is 4.29. The molecule has 19 heavy (non-hydrogen) atoms. The maximum absolute atomic E-state index is 12.0. The topological polar surface area (TPSA) is 41.1 Å². The first kappa shape index (κ1) is 14.3. The van der Waals surface area contributed by atoms with Gasteiger partial charge in [0.15, 0.2) is 0 Å². The Hall–Kier alpha value is -1.16. The molecule has 0 aromatic heterocycles. The lowest BCUT2D eigenvalue weighted by molar-refractivity contribution is 0.0943. The van der Waals surface area contributed by atoms with Crippen molar-refractivity contribution in [2.75, 3.05) is 16.8 Å². The monoisotopic (exact) mass is 278 g/mol. The molecule has 3 nitrogen and oxygen atoms in total. The Morgan fingerprint density at radius 3 is 2.95 bits per heavy atom. The van der Waals surface area contributed by atoms with Gasteiger partial charge in [-0.25, -0.2) is 0 Å². The van der Waals surface area contributed by atoms with Crippen molar-refractivity contribution in [2.24, 2.45) is 0 Å². The van der Waals surface area contributed by atoms with Gasteiger partial charge in [0.05, 0.1) is 0 Å². The van der Waals surface area contributed by atoms with Crippen LogP contribution >= 0.6 is 11.8 Å². The van der Waals surface area contributed by atoms with Gasteiger partial charge in [-0.1, -0.05) is 6.07 Å². The van der Waals surface area contributed by atoms with Crippen molar-refractivity contribution in [1.29, 1.82) is 0 Å². The number of benzene rings is 1. The zero-order chi connectivity index (χ0) is 13.7. The van der Waals surface area contributed by atoms with Crippen LogP contribution in [0, 0.1) is 0 Å². The fourth-order valence-electron chi connectivity index (χ4n) is 2.19. The first-order valence-corrected chi connectivity index (χ1v) is 8.06. The number of carbonyl (C=O) groups is 1. The second-order valence-electron chi connectivity index (χ2n) is 5.27. The molecule has 0 spiro atoms. The molecule has 104 valence electrons. The summed E-state index contributed by atoms with van der Waals surface area (Å²) in [6, 6.07) is 8.47. The molecule has 1 heterocycles. The highest BCUT2D eigenvalue weighted by molar-refractivity contribution is 7.99. The van der Waals surface area contributed by atoms with E-state index in [1.807, 2.05) is 49.9 Å². The Morgan fingerprint density at radius 2 is 2.26 bits per heavy atom. The van der Waals surface area contributed by atoms with Crippen LogP contribution in [0.2, 0.25) is 0 Å². The molecule has 2 rings (SSSR count). The summed E-state index contributed by atoms with van der Waals surface area (Å²) in [5, 5.41) is 6.45. The number of carbonyl (C=O) groups excluding carboxylic acids is 1. The second kappa shape index (κ2) is 6.85. The van der Waals surface area contributed by atoms with Gasteiger partial charge < -0.3 is 10.6 Å². The number of anilines is 1. The van der Waals surface area contributed by atoms with Crippen LogP contribution in [0.3, 0.4) is 0 Å². The van der Waals surface area contributed by atoms with Crippen molar-refractivity contribution < 1.29 is 4.79 Å². The lowest BCUT2D eigenvalue weighted by atomic mass is 10.1. The molecule has 0 aliphatic carbocycles. The van der Waals surface area contributed by atoms with Gasteiger partial charge >= 0.3 is 0 Å². The van der Waals surface area contributed by atoms with Crippen molar-refractivity contribution in [2.45, 2.75) is 38.8 Å². The number of amides is 1. The highest BCUT2D eigenvalue weighted by atomic mass is 32.2. The van der Waals surface area contributed by atoms with Gasteiger partial charge in [0, 0.05) is 29.1 Å². The van der Waals surface area contributed by atoms with Crippen LogP contribution in [-0.4, -0.2) is 29.5 Å². The zero-order valence-corrected chi connectivity index (χ0v) is 12.4. The Bertz CT molecular complexity index is 428. The lowest BCUT2D eigenvalue weighted by Crippen LogP contribution is -2.30. The molecule has 0 bridgehead atoms. The number of hydrogen-bond acceptors (Lipinski definition) is 3. The van der Waals surface area contributed by atoms with Crippen molar-refractivity contribution in [3.63, 3.8) is 0 Å². The Balaban J connectivity index is 1.99. The van der Waals surface area contributed by atoms with Gasteiger partial charge in [-0.2, -0.15) is 11.8 Å². The number of hydrogen-bond donors (Lipinski definition) is 2. The minimum absolute atomic E-state index is 0.00308. The van der Waals surface area contributed by atoms with Gasteiger partial charge in [0.25, 0.3) is 5.91 Å². The lowest BCUT2D eigenvalue weighted by Gasteiger charge is -2.23. The summed E-state index contributed by atoms with van der Waals surface area (Å²) >= 11 is 2.00. The van der Waals surface area contributed by atoms with E-state index >= 15 is 0 Å². The van der Waals surface area contributed by atoms with E-state index in [1.165, 1.54) is 18.6 Å². The van der Waals surface area contributed by atoms with E-state index in [-0.39, 0.29) is 11.9 Å². The molecular weight excluding hydrogens is 256 g/mol. The SMILES string of the molecule is CC(C)NC(=O)c1cccc(NC2CCCSC2)c1. The summed E-state index contributed by atoms with van der Waals surface area (Å²) in [4.78, 5) is 12.0. The van der Waals surface area contributed by atoms with Gasteiger partial charge in [0.1, 0.15) is 0 Å². The summed E-state index contributed by atoms with van der Waals surface area (Å²) < 4.78 is 0. The average Bonchev–Trinajstić information content (AvgIpc) is 2.39. The van der Waals surface area contributed by atoms with Crippen LogP contribution in [0.1, 0.15) is 37.0 Å². The molecular formula is C15H22N2OS. The highest BCUT2D eigenvalue weighted by Crippen LogP contribution is 2.21. The minimum atomic E-state index is -0.00308. The zero-order valence-electron chi connectivity index (χ0n) is 11.6. The number of thioether (sulfide) groups is 1. The fourth-order valence-corrected chi connectivity index (χ4v) is 3.26. The minimum Gasteiger partial charge on any atom is -0.381 e.